The van der Waals surface area contributed by atoms with Crippen LogP contribution in [0.2, 0.25) is 0 Å². The van der Waals surface area contributed by atoms with Crippen LogP contribution in [0, 0.1) is 11.3 Å². The largest absolute Gasteiger partial charge is 0.378 e. The molecule has 0 saturated carbocycles. The molecule has 12 nitrogen and oxygen atoms in total. The lowest BCUT2D eigenvalue weighted by Crippen LogP contribution is -2.56. The first-order chi connectivity index (χ1) is 19.6. The average molecular weight is 576 g/mol. The fourth-order valence-corrected chi connectivity index (χ4v) is 5.07. The maximum atomic E-state index is 13.6. The Hall–Kier alpha value is -3.74. The molecule has 226 valence electrons. The van der Waals surface area contributed by atoms with E-state index in [9.17, 15) is 23.6 Å². The molecule has 2 saturated heterocycles. The van der Waals surface area contributed by atoms with E-state index in [1.165, 1.54) is 4.90 Å². The van der Waals surface area contributed by atoms with Gasteiger partial charge in [-0.05, 0) is 55.9 Å². The van der Waals surface area contributed by atoms with E-state index in [0.717, 1.165) is 18.8 Å². The van der Waals surface area contributed by atoms with Crippen LogP contribution in [0.25, 0.3) is 0 Å². The molecule has 2 unspecified atom stereocenters. The maximum absolute atomic E-state index is 13.6. The summed E-state index contributed by atoms with van der Waals surface area (Å²) in [6, 6.07) is 4.44. The molecule has 2 fully saturated rings. The van der Waals surface area contributed by atoms with E-state index in [1.807, 2.05) is 26.0 Å². The number of nitrogens with zero attached hydrogens (tertiary/aromatic N) is 2. The number of morpholine rings is 1. The highest BCUT2D eigenvalue weighted by Gasteiger charge is 2.39. The van der Waals surface area contributed by atoms with Gasteiger partial charge in [0.15, 0.2) is 11.7 Å². The third kappa shape index (κ3) is 8.87. The molecule has 3 atom stereocenters. The summed E-state index contributed by atoms with van der Waals surface area (Å²) in [7, 11) is 0. The number of ketones is 1. The summed E-state index contributed by atoms with van der Waals surface area (Å²) in [4.78, 5) is 55.7. The quantitative estimate of drug-likeness (QED) is 0.129. The van der Waals surface area contributed by atoms with Crippen molar-refractivity contribution in [3.63, 3.8) is 0 Å². The molecule has 0 radical (unpaired) electrons. The zero-order valence-corrected chi connectivity index (χ0v) is 23.8. The highest BCUT2D eigenvalue weighted by molar-refractivity contribution is 5.99. The molecule has 3 rings (SSSR count). The number of carbonyl (C=O) groups is 4. The third-order valence-corrected chi connectivity index (χ3v) is 7.39. The van der Waals surface area contributed by atoms with Crippen LogP contribution in [0.3, 0.4) is 0 Å². The first-order valence-electron chi connectivity index (χ1n) is 14.1. The van der Waals surface area contributed by atoms with E-state index in [1.54, 1.807) is 12.1 Å². The van der Waals surface area contributed by atoms with Gasteiger partial charge in [-0.25, -0.2) is 4.39 Å². The Morgan fingerprint density at radius 1 is 1.10 bits per heavy atom. The Morgan fingerprint density at radius 3 is 2.39 bits per heavy atom. The number of halogens is 1. The molecule has 2 aliphatic rings. The molecule has 0 aliphatic carbocycles. The standard InChI is InChI=1S/C28H42FN7O5/c1-18(2)24(34-25(38)19-7-9-20(10-8-19)35-13-15-41-16-14-35)27(40)36-12-4-6-22(36)26(39)33-21(23(37)17-29)5-3-11-32-28(30)31/h7-10,18,21-22,24H,3-6,11-17H2,1-2H3,(H,33,39)(H,34,38)(H4,30,31,32)/t21?,22-,24?/m0/s1. The minimum atomic E-state index is -1.23. The lowest BCUT2D eigenvalue weighted by Gasteiger charge is -2.31. The molecule has 3 amide bonds. The number of hydrogen-bond donors (Lipinski definition) is 5. The van der Waals surface area contributed by atoms with Crippen molar-refractivity contribution in [3.05, 3.63) is 29.8 Å². The monoisotopic (exact) mass is 575 g/mol. The van der Waals surface area contributed by atoms with E-state index in [-0.39, 0.29) is 24.2 Å². The highest BCUT2D eigenvalue weighted by Crippen LogP contribution is 2.22. The van der Waals surface area contributed by atoms with Gasteiger partial charge in [0.1, 0.15) is 18.8 Å². The van der Waals surface area contributed by atoms with Crippen LogP contribution < -0.4 is 26.6 Å². The average Bonchev–Trinajstić information content (AvgIpc) is 3.47. The lowest BCUT2D eigenvalue weighted by molar-refractivity contribution is -0.141. The van der Waals surface area contributed by atoms with E-state index in [4.69, 9.17) is 15.9 Å². The topological polar surface area (TPSA) is 170 Å². The number of likely N-dealkylation sites (tertiary alicyclic amines) is 1. The van der Waals surface area contributed by atoms with Crippen LogP contribution in [-0.2, 0) is 19.1 Å². The van der Waals surface area contributed by atoms with Gasteiger partial charge in [0, 0.05) is 37.4 Å². The molecule has 41 heavy (non-hydrogen) atoms. The highest BCUT2D eigenvalue weighted by atomic mass is 19.1. The molecule has 1 aromatic rings. The summed E-state index contributed by atoms with van der Waals surface area (Å²) in [5.74, 6) is -2.54. The molecule has 13 heteroatoms. The van der Waals surface area contributed by atoms with Crippen LogP contribution in [0.5, 0.6) is 0 Å². The van der Waals surface area contributed by atoms with Gasteiger partial charge in [0.2, 0.25) is 11.8 Å². The third-order valence-electron chi connectivity index (χ3n) is 7.39. The fraction of sp³-hybridized carbons (Fsp3) is 0.607. The van der Waals surface area contributed by atoms with Crippen LogP contribution in [0.1, 0.15) is 49.9 Å². The van der Waals surface area contributed by atoms with Crippen molar-refractivity contribution >= 4 is 35.2 Å². The number of ether oxygens (including phenoxy) is 1. The second-order valence-electron chi connectivity index (χ2n) is 10.7. The minimum absolute atomic E-state index is 0.157. The Kier molecular flexibility index (Phi) is 11.9. The van der Waals surface area contributed by atoms with Crippen molar-refractivity contribution in [1.82, 2.24) is 20.9 Å². The van der Waals surface area contributed by atoms with Gasteiger partial charge >= 0.3 is 0 Å². The van der Waals surface area contributed by atoms with E-state index < -0.39 is 42.4 Å². The Morgan fingerprint density at radius 2 is 1.78 bits per heavy atom. The van der Waals surface area contributed by atoms with Gasteiger partial charge in [-0.2, -0.15) is 0 Å². The minimum Gasteiger partial charge on any atom is -0.378 e. The summed E-state index contributed by atoms with van der Waals surface area (Å²) in [5.41, 5.74) is 6.66. The van der Waals surface area contributed by atoms with Crippen molar-refractivity contribution in [1.29, 1.82) is 5.41 Å². The van der Waals surface area contributed by atoms with Gasteiger partial charge in [0.05, 0.1) is 19.3 Å². The van der Waals surface area contributed by atoms with Crippen LogP contribution >= 0.6 is 0 Å². The van der Waals surface area contributed by atoms with Gasteiger partial charge in [-0.15, -0.1) is 0 Å². The van der Waals surface area contributed by atoms with E-state index in [2.05, 4.69) is 20.9 Å². The SMILES string of the molecule is CC(C)C(NC(=O)c1ccc(N2CCOCC2)cc1)C(=O)N1CCC[C@H]1C(=O)NC(CCCNC(=N)N)C(=O)CF. The Bertz CT molecular complexity index is 1080. The van der Waals surface area contributed by atoms with E-state index >= 15 is 0 Å². The molecule has 2 heterocycles. The molecule has 0 bridgehead atoms. The number of anilines is 1. The zero-order valence-electron chi connectivity index (χ0n) is 23.8. The van der Waals surface area contributed by atoms with Crippen LogP contribution in [0.4, 0.5) is 10.1 Å². The predicted octanol–water partition coefficient (Wildman–Crippen LogP) is 0.555. The molecular formula is C28H42FN7O5. The smallest absolute Gasteiger partial charge is 0.251 e. The van der Waals surface area contributed by atoms with Gasteiger partial charge in [-0.1, -0.05) is 13.8 Å². The van der Waals surface area contributed by atoms with Crippen LogP contribution in [0.15, 0.2) is 24.3 Å². The maximum Gasteiger partial charge on any atom is 0.251 e. The van der Waals surface area contributed by atoms with Crippen LogP contribution in [-0.4, -0.2) is 98.6 Å². The fourth-order valence-electron chi connectivity index (χ4n) is 5.07. The van der Waals surface area contributed by atoms with Gasteiger partial charge in [0.25, 0.3) is 5.91 Å². The zero-order chi connectivity index (χ0) is 29.9. The van der Waals surface area contributed by atoms with Gasteiger partial charge < -0.3 is 36.2 Å². The second kappa shape index (κ2) is 15.3. The summed E-state index contributed by atoms with van der Waals surface area (Å²) in [5, 5.41) is 15.3. The molecular weight excluding hydrogens is 533 g/mol. The Labute approximate surface area is 240 Å². The predicted molar refractivity (Wildman–Crippen MR) is 152 cm³/mol. The number of alkyl halides is 1. The number of carbonyl (C=O) groups excluding carboxylic acids is 4. The molecule has 6 N–H and O–H groups in total. The molecule has 0 spiro atoms. The number of guanidine groups is 1. The lowest BCUT2D eigenvalue weighted by atomic mass is 10.0. The number of hydrogen-bond acceptors (Lipinski definition) is 7. The summed E-state index contributed by atoms with van der Waals surface area (Å²) in [6.45, 7) is 5.90. The normalized spacial score (nSPS) is 18.5. The molecule has 0 aromatic heterocycles. The number of nitrogens with one attached hydrogen (secondary N) is 4. The number of rotatable bonds is 13. The van der Waals surface area contributed by atoms with E-state index in [0.29, 0.717) is 51.1 Å². The van der Waals surface area contributed by atoms with Crippen molar-refractivity contribution in [3.8, 4) is 0 Å². The van der Waals surface area contributed by atoms with Crippen molar-refractivity contribution in [2.45, 2.75) is 57.7 Å². The van der Waals surface area contributed by atoms with Crippen molar-refractivity contribution in [2.75, 3.05) is 51.0 Å². The van der Waals surface area contributed by atoms with Crippen molar-refractivity contribution < 1.29 is 28.3 Å². The number of nitrogens with two attached hydrogens (primary N) is 1. The second-order valence-corrected chi connectivity index (χ2v) is 10.7. The summed E-state index contributed by atoms with van der Waals surface area (Å²) < 4.78 is 18.6. The van der Waals surface area contributed by atoms with Crippen molar-refractivity contribution in [2.24, 2.45) is 11.7 Å². The summed E-state index contributed by atoms with van der Waals surface area (Å²) >= 11 is 0. The summed E-state index contributed by atoms with van der Waals surface area (Å²) in [6.07, 6.45) is 1.50. The first kappa shape index (κ1) is 31.8. The number of benzene rings is 1. The van der Waals surface area contributed by atoms with Gasteiger partial charge in [-0.3, -0.25) is 24.6 Å². The Balaban J connectivity index is 1.63. The molecule has 1 aromatic carbocycles. The number of Topliss-reactive ketones (excluding diaryl/α,β-unsaturated/α-hetero) is 1. The number of amides is 3. The first-order valence-corrected chi connectivity index (χ1v) is 14.1. The molecule has 2 aliphatic heterocycles.